The summed E-state index contributed by atoms with van der Waals surface area (Å²) >= 11 is 0. The largest absolute Gasteiger partial charge is 0.433 e. The van der Waals surface area contributed by atoms with Crippen LogP contribution in [0.15, 0.2) is 36.5 Å². The third-order valence-corrected chi connectivity index (χ3v) is 2.07. The Morgan fingerprint density at radius 1 is 1.06 bits per heavy atom. The Bertz CT molecular complexity index is 485. The zero-order chi connectivity index (χ0) is 11.8. The molecule has 2 aromatic rings. The Morgan fingerprint density at radius 3 is 2.25 bits per heavy atom. The molecule has 6 heteroatoms. The molecular formula is C10H8F3N3. The standard InChI is InChI=1S/C10H8F3N3/c11-10(12,13)9-5-6-15-16(9)8-3-1-7(14)2-4-8/h1-6H,14H2. The number of rotatable bonds is 1. The molecule has 0 saturated heterocycles. The molecule has 0 aliphatic heterocycles. The molecule has 0 spiro atoms. The van der Waals surface area contributed by atoms with E-state index < -0.39 is 11.9 Å². The van der Waals surface area contributed by atoms with Gasteiger partial charge in [0.15, 0.2) is 0 Å². The van der Waals surface area contributed by atoms with E-state index >= 15 is 0 Å². The summed E-state index contributed by atoms with van der Waals surface area (Å²) in [7, 11) is 0. The number of nitrogens with two attached hydrogens (primary N) is 1. The molecule has 0 unspecified atom stereocenters. The van der Waals surface area contributed by atoms with Gasteiger partial charge in [0, 0.05) is 5.69 Å². The van der Waals surface area contributed by atoms with E-state index in [0.717, 1.165) is 16.9 Å². The molecule has 0 bridgehead atoms. The summed E-state index contributed by atoms with van der Waals surface area (Å²) in [4.78, 5) is 0. The summed E-state index contributed by atoms with van der Waals surface area (Å²) in [6, 6.07) is 6.94. The molecular weight excluding hydrogens is 219 g/mol. The van der Waals surface area contributed by atoms with Crippen molar-refractivity contribution in [2.45, 2.75) is 6.18 Å². The lowest BCUT2D eigenvalue weighted by molar-refractivity contribution is -0.142. The van der Waals surface area contributed by atoms with Crippen LogP contribution in [0.1, 0.15) is 5.69 Å². The average Bonchev–Trinajstić information content (AvgIpc) is 2.66. The molecule has 2 N–H and O–H groups in total. The SMILES string of the molecule is Nc1ccc(-n2nccc2C(F)(F)F)cc1. The molecule has 0 aliphatic carbocycles. The van der Waals surface area contributed by atoms with Gasteiger partial charge < -0.3 is 5.73 Å². The molecule has 0 saturated carbocycles. The number of nitrogens with zero attached hydrogens (tertiary/aromatic N) is 2. The summed E-state index contributed by atoms with van der Waals surface area (Å²) in [5.41, 5.74) is 5.46. The number of hydrogen-bond acceptors (Lipinski definition) is 2. The van der Waals surface area contributed by atoms with Crippen LogP contribution in [-0.2, 0) is 6.18 Å². The second kappa shape index (κ2) is 3.55. The lowest BCUT2D eigenvalue weighted by Crippen LogP contribution is -2.13. The van der Waals surface area contributed by atoms with E-state index in [0.29, 0.717) is 11.4 Å². The molecule has 0 fully saturated rings. The van der Waals surface area contributed by atoms with Crippen molar-refractivity contribution in [3.05, 3.63) is 42.2 Å². The number of anilines is 1. The molecule has 0 aliphatic rings. The van der Waals surface area contributed by atoms with Gasteiger partial charge in [0.05, 0.1) is 11.9 Å². The Morgan fingerprint density at radius 2 is 1.69 bits per heavy atom. The molecule has 1 aromatic carbocycles. The van der Waals surface area contributed by atoms with Crippen LogP contribution in [0.2, 0.25) is 0 Å². The summed E-state index contributed by atoms with van der Waals surface area (Å²) in [6.45, 7) is 0. The Labute approximate surface area is 89.3 Å². The van der Waals surface area contributed by atoms with Crippen molar-refractivity contribution >= 4 is 5.69 Å². The molecule has 16 heavy (non-hydrogen) atoms. The minimum Gasteiger partial charge on any atom is -0.399 e. The highest BCUT2D eigenvalue weighted by molar-refractivity contribution is 5.45. The molecule has 2 rings (SSSR count). The van der Waals surface area contributed by atoms with Crippen molar-refractivity contribution < 1.29 is 13.2 Å². The minimum atomic E-state index is -4.42. The zero-order valence-electron chi connectivity index (χ0n) is 8.07. The normalized spacial score (nSPS) is 11.7. The second-order valence-electron chi connectivity index (χ2n) is 3.22. The van der Waals surface area contributed by atoms with Crippen molar-refractivity contribution in [1.29, 1.82) is 0 Å². The highest BCUT2D eigenvalue weighted by Gasteiger charge is 2.35. The monoisotopic (exact) mass is 227 g/mol. The van der Waals surface area contributed by atoms with Gasteiger partial charge in [-0.2, -0.15) is 18.3 Å². The van der Waals surface area contributed by atoms with Crippen LogP contribution in [-0.4, -0.2) is 9.78 Å². The summed E-state index contributed by atoms with van der Waals surface area (Å²) in [5.74, 6) is 0. The molecule has 84 valence electrons. The fourth-order valence-corrected chi connectivity index (χ4v) is 1.34. The third kappa shape index (κ3) is 1.86. The zero-order valence-corrected chi connectivity index (χ0v) is 8.07. The Kier molecular flexibility index (Phi) is 2.34. The number of aromatic nitrogens is 2. The molecule has 1 aromatic heterocycles. The number of benzene rings is 1. The average molecular weight is 227 g/mol. The van der Waals surface area contributed by atoms with Crippen molar-refractivity contribution in [1.82, 2.24) is 9.78 Å². The van der Waals surface area contributed by atoms with Gasteiger partial charge in [0.1, 0.15) is 5.69 Å². The first-order chi connectivity index (χ1) is 7.48. The third-order valence-electron chi connectivity index (χ3n) is 2.07. The van der Waals surface area contributed by atoms with Crippen molar-refractivity contribution in [3.63, 3.8) is 0 Å². The topological polar surface area (TPSA) is 43.8 Å². The van der Waals surface area contributed by atoms with Crippen molar-refractivity contribution in [3.8, 4) is 5.69 Å². The van der Waals surface area contributed by atoms with Gasteiger partial charge in [-0.3, -0.25) is 0 Å². The lowest BCUT2D eigenvalue weighted by Gasteiger charge is -2.10. The number of hydrogen-bond donors (Lipinski definition) is 1. The summed E-state index contributed by atoms with van der Waals surface area (Å²) in [6.07, 6.45) is -3.31. The van der Waals surface area contributed by atoms with Crippen LogP contribution >= 0.6 is 0 Å². The maximum absolute atomic E-state index is 12.6. The molecule has 1 heterocycles. The quantitative estimate of drug-likeness (QED) is 0.760. The first kappa shape index (κ1) is 10.5. The van der Waals surface area contributed by atoms with E-state index in [4.69, 9.17) is 5.73 Å². The van der Waals surface area contributed by atoms with Gasteiger partial charge in [-0.05, 0) is 30.3 Å². The highest BCUT2D eigenvalue weighted by atomic mass is 19.4. The van der Waals surface area contributed by atoms with E-state index in [2.05, 4.69) is 5.10 Å². The summed E-state index contributed by atoms with van der Waals surface area (Å²) in [5, 5.41) is 3.64. The van der Waals surface area contributed by atoms with E-state index in [9.17, 15) is 13.2 Å². The van der Waals surface area contributed by atoms with Crippen LogP contribution in [0, 0.1) is 0 Å². The minimum absolute atomic E-state index is 0.325. The number of alkyl halides is 3. The van der Waals surface area contributed by atoms with Crippen molar-refractivity contribution in [2.75, 3.05) is 5.73 Å². The van der Waals surface area contributed by atoms with E-state index in [1.165, 1.54) is 24.3 Å². The highest BCUT2D eigenvalue weighted by Crippen LogP contribution is 2.30. The maximum Gasteiger partial charge on any atom is 0.433 e. The first-order valence-corrected chi connectivity index (χ1v) is 4.45. The number of nitrogen functional groups attached to an aromatic ring is 1. The van der Waals surface area contributed by atoms with Gasteiger partial charge in [-0.15, -0.1) is 0 Å². The van der Waals surface area contributed by atoms with Crippen LogP contribution < -0.4 is 5.73 Å². The van der Waals surface area contributed by atoms with Crippen LogP contribution in [0.5, 0.6) is 0 Å². The van der Waals surface area contributed by atoms with E-state index in [1.54, 1.807) is 0 Å². The van der Waals surface area contributed by atoms with Crippen molar-refractivity contribution in [2.24, 2.45) is 0 Å². The molecule has 0 atom stereocenters. The predicted octanol–water partition coefficient (Wildman–Crippen LogP) is 2.47. The Hall–Kier alpha value is -1.98. The van der Waals surface area contributed by atoms with Crippen LogP contribution in [0.25, 0.3) is 5.69 Å². The van der Waals surface area contributed by atoms with E-state index in [-0.39, 0.29) is 0 Å². The van der Waals surface area contributed by atoms with Gasteiger partial charge in [-0.1, -0.05) is 0 Å². The van der Waals surface area contributed by atoms with Crippen LogP contribution in [0.4, 0.5) is 18.9 Å². The smallest absolute Gasteiger partial charge is 0.399 e. The predicted molar refractivity (Wildman–Crippen MR) is 53.0 cm³/mol. The fraction of sp³-hybridized carbons (Fsp3) is 0.100. The van der Waals surface area contributed by atoms with Gasteiger partial charge >= 0.3 is 6.18 Å². The molecule has 3 nitrogen and oxygen atoms in total. The molecule has 0 radical (unpaired) electrons. The fourth-order valence-electron chi connectivity index (χ4n) is 1.34. The second-order valence-corrected chi connectivity index (χ2v) is 3.22. The first-order valence-electron chi connectivity index (χ1n) is 4.45. The van der Waals surface area contributed by atoms with Gasteiger partial charge in [-0.25, -0.2) is 4.68 Å². The van der Waals surface area contributed by atoms with Gasteiger partial charge in [0.2, 0.25) is 0 Å². The Balaban J connectivity index is 2.49. The lowest BCUT2D eigenvalue weighted by atomic mass is 10.3. The van der Waals surface area contributed by atoms with Gasteiger partial charge in [0.25, 0.3) is 0 Å². The van der Waals surface area contributed by atoms with E-state index in [1.807, 2.05) is 0 Å². The summed E-state index contributed by atoms with van der Waals surface area (Å²) < 4.78 is 38.5. The van der Waals surface area contributed by atoms with Crippen LogP contribution in [0.3, 0.4) is 0 Å². The maximum atomic E-state index is 12.6. The number of halogens is 3. The molecule has 0 amide bonds.